The van der Waals surface area contributed by atoms with Crippen LogP contribution in [0.15, 0.2) is 4.99 Å². The van der Waals surface area contributed by atoms with Crippen LogP contribution >= 0.6 is 0 Å². The zero-order chi connectivity index (χ0) is 15.5. The molecule has 1 fully saturated rings. The van der Waals surface area contributed by atoms with Gasteiger partial charge in [-0.05, 0) is 26.7 Å². The number of nitrogens with two attached hydrogens (primary N) is 1. The van der Waals surface area contributed by atoms with Crippen LogP contribution in [-0.2, 0) is 4.74 Å². The highest BCUT2D eigenvalue weighted by molar-refractivity contribution is 5.77. The number of aliphatic imine (C=N–C) groups is 1. The minimum Gasteiger partial charge on any atom is -0.373 e. The van der Waals surface area contributed by atoms with Crippen LogP contribution in [0.25, 0.3) is 0 Å². The SMILES string of the molecule is CCCCCCNC(N)=NCCCN1CC(C)OC(C)C1. The molecule has 5 heteroatoms. The molecule has 3 N–H and O–H groups in total. The molecule has 0 amide bonds. The van der Waals surface area contributed by atoms with Crippen molar-refractivity contribution in [2.75, 3.05) is 32.7 Å². The molecule has 0 spiro atoms. The number of hydrogen-bond donors (Lipinski definition) is 2. The molecule has 21 heavy (non-hydrogen) atoms. The van der Waals surface area contributed by atoms with Gasteiger partial charge in [0, 0.05) is 32.7 Å². The van der Waals surface area contributed by atoms with Crippen molar-refractivity contribution in [3.63, 3.8) is 0 Å². The van der Waals surface area contributed by atoms with Crippen molar-refractivity contribution in [3.05, 3.63) is 0 Å². The Bertz CT molecular complexity index is 286. The molecule has 1 aliphatic heterocycles. The Morgan fingerprint density at radius 3 is 2.57 bits per heavy atom. The summed E-state index contributed by atoms with van der Waals surface area (Å²) in [5, 5.41) is 3.19. The molecule has 1 rings (SSSR count). The topological polar surface area (TPSA) is 62.9 Å². The monoisotopic (exact) mass is 298 g/mol. The van der Waals surface area contributed by atoms with Gasteiger partial charge < -0.3 is 15.8 Å². The average molecular weight is 298 g/mol. The second-order valence-electron chi connectivity index (χ2n) is 6.12. The number of unbranched alkanes of at least 4 members (excludes halogenated alkanes) is 3. The fourth-order valence-electron chi connectivity index (χ4n) is 2.78. The summed E-state index contributed by atoms with van der Waals surface area (Å²) in [4.78, 5) is 6.85. The minimum absolute atomic E-state index is 0.340. The van der Waals surface area contributed by atoms with Crippen LogP contribution in [0.3, 0.4) is 0 Å². The molecule has 2 atom stereocenters. The van der Waals surface area contributed by atoms with Gasteiger partial charge in [0.15, 0.2) is 5.96 Å². The summed E-state index contributed by atoms with van der Waals surface area (Å²) < 4.78 is 5.73. The van der Waals surface area contributed by atoms with Crippen molar-refractivity contribution < 1.29 is 4.74 Å². The van der Waals surface area contributed by atoms with Gasteiger partial charge in [0.2, 0.25) is 0 Å². The maximum Gasteiger partial charge on any atom is 0.188 e. The van der Waals surface area contributed by atoms with Crippen molar-refractivity contribution >= 4 is 5.96 Å². The molecular weight excluding hydrogens is 264 g/mol. The molecule has 124 valence electrons. The van der Waals surface area contributed by atoms with E-state index >= 15 is 0 Å². The highest BCUT2D eigenvalue weighted by Crippen LogP contribution is 2.10. The summed E-state index contributed by atoms with van der Waals surface area (Å²) in [6, 6.07) is 0. The van der Waals surface area contributed by atoms with E-state index < -0.39 is 0 Å². The molecule has 1 saturated heterocycles. The van der Waals surface area contributed by atoms with Crippen LogP contribution in [0.4, 0.5) is 0 Å². The fourth-order valence-corrected chi connectivity index (χ4v) is 2.78. The van der Waals surface area contributed by atoms with Gasteiger partial charge in [-0.3, -0.25) is 9.89 Å². The highest BCUT2D eigenvalue weighted by atomic mass is 16.5. The summed E-state index contributed by atoms with van der Waals surface area (Å²) >= 11 is 0. The second-order valence-corrected chi connectivity index (χ2v) is 6.12. The van der Waals surface area contributed by atoms with Crippen LogP contribution in [0.2, 0.25) is 0 Å². The average Bonchev–Trinajstić information content (AvgIpc) is 2.42. The first-order valence-electron chi connectivity index (χ1n) is 8.53. The number of ether oxygens (including phenoxy) is 1. The number of morpholine rings is 1. The van der Waals surface area contributed by atoms with Gasteiger partial charge in [-0.15, -0.1) is 0 Å². The third kappa shape index (κ3) is 8.94. The largest absolute Gasteiger partial charge is 0.373 e. The third-order valence-electron chi connectivity index (χ3n) is 3.75. The molecule has 0 bridgehead atoms. The van der Waals surface area contributed by atoms with Crippen molar-refractivity contribution in [2.24, 2.45) is 10.7 Å². The van der Waals surface area contributed by atoms with Crippen molar-refractivity contribution in [3.8, 4) is 0 Å². The Morgan fingerprint density at radius 1 is 1.19 bits per heavy atom. The molecule has 0 saturated carbocycles. The Balaban J connectivity index is 2.05. The number of nitrogens with one attached hydrogen (secondary N) is 1. The Labute approximate surface area is 130 Å². The van der Waals surface area contributed by atoms with Gasteiger partial charge in [-0.1, -0.05) is 26.2 Å². The normalized spacial score (nSPS) is 24.2. The quantitative estimate of drug-likeness (QED) is 0.388. The molecule has 2 unspecified atom stereocenters. The van der Waals surface area contributed by atoms with Gasteiger partial charge in [-0.2, -0.15) is 0 Å². The standard InChI is InChI=1S/C16H34N4O/c1-4-5-6-7-9-18-16(17)19-10-8-11-20-12-14(2)21-15(3)13-20/h14-15H,4-13H2,1-3H3,(H3,17,18,19). The van der Waals surface area contributed by atoms with E-state index in [1.807, 2.05) is 0 Å². The summed E-state index contributed by atoms with van der Waals surface area (Å²) in [7, 11) is 0. The van der Waals surface area contributed by atoms with E-state index in [-0.39, 0.29) is 0 Å². The van der Waals surface area contributed by atoms with E-state index in [0.717, 1.165) is 39.1 Å². The zero-order valence-corrected chi connectivity index (χ0v) is 14.1. The first-order chi connectivity index (χ1) is 10.1. The van der Waals surface area contributed by atoms with Crippen LogP contribution in [0.1, 0.15) is 52.9 Å². The molecule has 1 heterocycles. The Hall–Kier alpha value is -0.810. The van der Waals surface area contributed by atoms with Gasteiger partial charge >= 0.3 is 0 Å². The van der Waals surface area contributed by atoms with Gasteiger partial charge in [0.1, 0.15) is 0 Å². The summed E-state index contributed by atoms with van der Waals surface area (Å²) in [6.45, 7) is 11.4. The van der Waals surface area contributed by atoms with Gasteiger partial charge in [0.05, 0.1) is 12.2 Å². The Morgan fingerprint density at radius 2 is 1.90 bits per heavy atom. The van der Waals surface area contributed by atoms with E-state index in [1.165, 1.54) is 25.7 Å². The third-order valence-corrected chi connectivity index (χ3v) is 3.75. The lowest BCUT2D eigenvalue weighted by molar-refractivity contribution is -0.0679. The lowest BCUT2D eigenvalue weighted by Crippen LogP contribution is -2.45. The predicted molar refractivity (Wildman–Crippen MR) is 89.7 cm³/mol. The van der Waals surface area contributed by atoms with E-state index in [4.69, 9.17) is 10.5 Å². The fraction of sp³-hybridized carbons (Fsp3) is 0.938. The van der Waals surface area contributed by atoms with Crippen molar-refractivity contribution in [1.82, 2.24) is 10.2 Å². The molecule has 1 aliphatic rings. The summed E-state index contributed by atoms with van der Waals surface area (Å²) in [5.74, 6) is 0.593. The molecular formula is C16H34N4O. The van der Waals surface area contributed by atoms with Gasteiger partial charge in [0.25, 0.3) is 0 Å². The molecule has 5 nitrogen and oxygen atoms in total. The van der Waals surface area contributed by atoms with E-state index in [0.29, 0.717) is 18.2 Å². The molecule has 0 aromatic heterocycles. The number of hydrogen-bond acceptors (Lipinski definition) is 3. The minimum atomic E-state index is 0.340. The van der Waals surface area contributed by atoms with Crippen LogP contribution < -0.4 is 11.1 Å². The van der Waals surface area contributed by atoms with Crippen LogP contribution in [0, 0.1) is 0 Å². The molecule has 0 aromatic rings. The maximum atomic E-state index is 5.86. The smallest absolute Gasteiger partial charge is 0.188 e. The molecule has 0 aromatic carbocycles. The zero-order valence-electron chi connectivity index (χ0n) is 14.1. The second kappa shape index (κ2) is 10.9. The summed E-state index contributed by atoms with van der Waals surface area (Å²) in [5.41, 5.74) is 5.86. The first kappa shape index (κ1) is 18.2. The van der Waals surface area contributed by atoms with Crippen LogP contribution in [-0.4, -0.2) is 55.8 Å². The number of guanidine groups is 1. The van der Waals surface area contributed by atoms with E-state index in [2.05, 4.69) is 36.0 Å². The van der Waals surface area contributed by atoms with E-state index in [1.54, 1.807) is 0 Å². The lowest BCUT2D eigenvalue weighted by Gasteiger charge is -2.35. The highest BCUT2D eigenvalue weighted by Gasteiger charge is 2.21. The van der Waals surface area contributed by atoms with Gasteiger partial charge in [-0.25, -0.2) is 0 Å². The first-order valence-corrected chi connectivity index (χ1v) is 8.53. The van der Waals surface area contributed by atoms with Crippen molar-refractivity contribution in [2.45, 2.75) is 65.1 Å². The van der Waals surface area contributed by atoms with E-state index in [9.17, 15) is 0 Å². The number of nitrogens with zero attached hydrogens (tertiary/aromatic N) is 2. The number of rotatable bonds is 9. The Kier molecular flexibility index (Phi) is 9.42. The molecule has 0 aliphatic carbocycles. The van der Waals surface area contributed by atoms with Crippen molar-refractivity contribution in [1.29, 1.82) is 0 Å². The maximum absolute atomic E-state index is 5.86. The predicted octanol–water partition coefficient (Wildman–Crippen LogP) is 1.97. The van der Waals surface area contributed by atoms with Crippen LogP contribution in [0.5, 0.6) is 0 Å². The molecule has 0 radical (unpaired) electrons. The lowest BCUT2D eigenvalue weighted by atomic mass is 10.2. The summed E-state index contributed by atoms with van der Waals surface area (Å²) in [6.07, 6.45) is 6.74.